The number of fused-ring (bicyclic) bond motifs is 1. The maximum absolute atomic E-state index is 11.9. The first-order valence-corrected chi connectivity index (χ1v) is 6.56. The molecule has 5 heteroatoms. The lowest BCUT2D eigenvalue weighted by atomic mass is 10.0. The Morgan fingerprint density at radius 3 is 2.89 bits per heavy atom. The molecule has 2 rings (SSSR count). The minimum absolute atomic E-state index is 0.193. The summed E-state index contributed by atoms with van der Waals surface area (Å²) in [5, 5.41) is 0. The summed E-state index contributed by atoms with van der Waals surface area (Å²) in [5.41, 5.74) is 4.88. The lowest BCUT2D eigenvalue weighted by Gasteiger charge is -2.28. The van der Waals surface area contributed by atoms with Gasteiger partial charge in [-0.1, -0.05) is 24.3 Å². The van der Waals surface area contributed by atoms with Gasteiger partial charge in [-0.3, -0.25) is 15.1 Å². The molecule has 0 saturated heterocycles. The zero-order chi connectivity index (χ0) is 13.7. The van der Waals surface area contributed by atoms with E-state index in [9.17, 15) is 4.79 Å². The van der Waals surface area contributed by atoms with Crippen LogP contribution in [0, 0.1) is 0 Å². The second-order valence-electron chi connectivity index (χ2n) is 4.82. The largest absolute Gasteiger partial charge is 0.383 e. The van der Waals surface area contributed by atoms with E-state index in [1.807, 2.05) is 6.07 Å². The van der Waals surface area contributed by atoms with E-state index < -0.39 is 0 Å². The van der Waals surface area contributed by atoms with Gasteiger partial charge in [0, 0.05) is 13.7 Å². The molecule has 0 aromatic heterocycles. The van der Waals surface area contributed by atoms with Gasteiger partial charge in [-0.2, -0.15) is 0 Å². The average Bonchev–Trinajstić information content (AvgIpc) is 2.65. The normalized spacial score (nSPS) is 17.4. The first-order chi connectivity index (χ1) is 9.26. The third-order valence-electron chi connectivity index (χ3n) is 3.59. The molecule has 0 fully saturated rings. The molecule has 1 aliphatic heterocycles. The monoisotopic (exact) mass is 263 g/mol. The van der Waals surface area contributed by atoms with Crippen molar-refractivity contribution in [2.75, 3.05) is 20.3 Å². The smallest absolute Gasteiger partial charge is 0.253 e. The number of nitrogens with two attached hydrogens (primary N) is 1. The number of aryl methyl sites for hydroxylation is 1. The van der Waals surface area contributed by atoms with Gasteiger partial charge in [-0.25, -0.2) is 5.84 Å². The summed E-state index contributed by atoms with van der Waals surface area (Å²) in [6.07, 6.45) is 2.09. The van der Waals surface area contributed by atoms with Crippen LogP contribution in [0.25, 0.3) is 0 Å². The van der Waals surface area contributed by atoms with Gasteiger partial charge in [0.1, 0.15) is 6.04 Å². The fourth-order valence-electron chi connectivity index (χ4n) is 2.59. The number of benzene rings is 1. The third kappa shape index (κ3) is 3.32. The zero-order valence-corrected chi connectivity index (χ0v) is 11.3. The summed E-state index contributed by atoms with van der Waals surface area (Å²) < 4.78 is 5.15. The first-order valence-electron chi connectivity index (χ1n) is 6.56. The van der Waals surface area contributed by atoms with Crippen LogP contribution in [-0.2, 0) is 22.5 Å². The molecule has 1 heterocycles. The van der Waals surface area contributed by atoms with Crippen LogP contribution in [0.2, 0.25) is 0 Å². The summed E-state index contributed by atoms with van der Waals surface area (Å²) in [5.74, 6) is 5.07. The second-order valence-corrected chi connectivity index (χ2v) is 4.82. The molecule has 19 heavy (non-hydrogen) atoms. The molecule has 1 atom stereocenters. The molecule has 0 bridgehead atoms. The maximum atomic E-state index is 11.9. The summed E-state index contributed by atoms with van der Waals surface area (Å²) in [6, 6.07) is 8.05. The second kappa shape index (κ2) is 6.65. The molecule has 1 aliphatic rings. The molecule has 104 valence electrons. The van der Waals surface area contributed by atoms with E-state index in [1.54, 1.807) is 7.11 Å². The Balaban J connectivity index is 2.17. The maximum Gasteiger partial charge on any atom is 0.253 e. The van der Waals surface area contributed by atoms with Crippen molar-refractivity contribution >= 4 is 5.91 Å². The van der Waals surface area contributed by atoms with Crippen molar-refractivity contribution in [1.82, 2.24) is 10.3 Å². The fourth-order valence-corrected chi connectivity index (χ4v) is 2.59. The first kappa shape index (κ1) is 14.0. The van der Waals surface area contributed by atoms with Crippen LogP contribution in [0.3, 0.4) is 0 Å². The van der Waals surface area contributed by atoms with Gasteiger partial charge in [0.2, 0.25) is 0 Å². The van der Waals surface area contributed by atoms with Crippen LogP contribution in [0.1, 0.15) is 17.5 Å². The number of carbonyl (C=O) groups is 1. The van der Waals surface area contributed by atoms with Crippen LogP contribution in [0.15, 0.2) is 24.3 Å². The average molecular weight is 263 g/mol. The van der Waals surface area contributed by atoms with E-state index >= 15 is 0 Å². The topological polar surface area (TPSA) is 67.6 Å². The Morgan fingerprint density at radius 1 is 1.47 bits per heavy atom. The molecule has 0 saturated carbocycles. The van der Waals surface area contributed by atoms with Crippen LogP contribution in [0.4, 0.5) is 0 Å². The predicted molar refractivity (Wildman–Crippen MR) is 73.2 cm³/mol. The Bertz CT molecular complexity index is 436. The van der Waals surface area contributed by atoms with Crippen molar-refractivity contribution in [2.45, 2.75) is 25.4 Å². The van der Waals surface area contributed by atoms with Crippen molar-refractivity contribution in [3.8, 4) is 0 Å². The lowest BCUT2D eigenvalue weighted by molar-refractivity contribution is -0.128. The van der Waals surface area contributed by atoms with Gasteiger partial charge in [0.05, 0.1) is 6.61 Å². The van der Waals surface area contributed by atoms with Crippen molar-refractivity contribution < 1.29 is 9.53 Å². The minimum Gasteiger partial charge on any atom is -0.383 e. The van der Waals surface area contributed by atoms with Crippen LogP contribution in [-0.4, -0.2) is 37.1 Å². The number of rotatable bonds is 4. The summed E-state index contributed by atoms with van der Waals surface area (Å²) in [7, 11) is 1.60. The SMILES string of the molecule is COCC(C(=O)NN)N1CCCc2ccccc2C1. The number of carbonyl (C=O) groups excluding carboxylic acids is 1. The number of hydrogen-bond acceptors (Lipinski definition) is 4. The number of hydrazine groups is 1. The number of amides is 1. The van der Waals surface area contributed by atoms with E-state index in [1.165, 1.54) is 11.1 Å². The number of methoxy groups -OCH3 is 1. The van der Waals surface area contributed by atoms with Gasteiger partial charge >= 0.3 is 0 Å². The molecular weight excluding hydrogens is 242 g/mol. The highest BCUT2D eigenvalue weighted by molar-refractivity contribution is 5.81. The highest BCUT2D eigenvalue weighted by atomic mass is 16.5. The predicted octanol–water partition coefficient (Wildman–Crippen LogP) is 0.440. The van der Waals surface area contributed by atoms with Crippen molar-refractivity contribution in [3.05, 3.63) is 35.4 Å². The van der Waals surface area contributed by atoms with Crippen molar-refractivity contribution in [1.29, 1.82) is 0 Å². The fraction of sp³-hybridized carbons (Fsp3) is 0.500. The van der Waals surface area contributed by atoms with E-state index in [0.717, 1.165) is 25.9 Å². The van der Waals surface area contributed by atoms with Gasteiger partial charge in [-0.05, 0) is 30.5 Å². The molecule has 3 N–H and O–H groups in total. The van der Waals surface area contributed by atoms with Gasteiger partial charge in [0.25, 0.3) is 5.91 Å². The molecule has 0 aliphatic carbocycles. The minimum atomic E-state index is -0.332. The highest BCUT2D eigenvalue weighted by Gasteiger charge is 2.27. The molecule has 1 unspecified atom stereocenters. The van der Waals surface area contributed by atoms with Crippen LogP contribution < -0.4 is 11.3 Å². The van der Waals surface area contributed by atoms with Crippen molar-refractivity contribution in [2.24, 2.45) is 5.84 Å². The Kier molecular flexibility index (Phi) is 4.90. The standard InChI is InChI=1S/C14H21N3O2/c1-19-10-13(14(18)16-15)17-8-4-7-11-5-2-3-6-12(11)9-17/h2-3,5-6,13H,4,7-10,15H2,1H3,(H,16,18). The number of nitrogens with one attached hydrogen (secondary N) is 1. The Morgan fingerprint density at radius 2 is 2.21 bits per heavy atom. The van der Waals surface area contributed by atoms with Crippen LogP contribution >= 0.6 is 0 Å². The van der Waals surface area contributed by atoms with Gasteiger partial charge in [-0.15, -0.1) is 0 Å². The molecule has 0 spiro atoms. The molecule has 1 amide bonds. The Hall–Kier alpha value is -1.43. The quantitative estimate of drug-likeness (QED) is 0.470. The van der Waals surface area contributed by atoms with E-state index in [2.05, 4.69) is 28.5 Å². The van der Waals surface area contributed by atoms with E-state index in [-0.39, 0.29) is 11.9 Å². The molecule has 1 aromatic carbocycles. The van der Waals surface area contributed by atoms with E-state index in [0.29, 0.717) is 6.61 Å². The molecular formula is C14H21N3O2. The zero-order valence-electron chi connectivity index (χ0n) is 11.3. The lowest BCUT2D eigenvalue weighted by Crippen LogP contribution is -2.51. The van der Waals surface area contributed by atoms with Crippen molar-refractivity contribution in [3.63, 3.8) is 0 Å². The van der Waals surface area contributed by atoms with Crippen LogP contribution in [0.5, 0.6) is 0 Å². The van der Waals surface area contributed by atoms with Gasteiger partial charge < -0.3 is 4.74 Å². The third-order valence-corrected chi connectivity index (χ3v) is 3.59. The molecule has 1 aromatic rings. The summed E-state index contributed by atoms with van der Waals surface area (Å²) in [6.45, 7) is 1.99. The van der Waals surface area contributed by atoms with Gasteiger partial charge in [0.15, 0.2) is 0 Å². The van der Waals surface area contributed by atoms with E-state index in [4.69, 9.17) is 10.6 Å². The summed E-state index contributed by atoms with van der Waals surface area (Å²) in [4.78, 5) is 14.0. The number of nitrogens with zero attached hydrogens (tertiary/aromatic N) is 1. The summed E-state index contributed by atoms with van der Waals surface area (Å²) >= 11 is 0. The number of ether oxygens (including phenoxy) is 1. The molecule has 0 radical (unpaired) electrons. The molecule has 5 nitrogen and oxygen atoms in total. The highest BCUT2D eigenvalue weighted by Crippen LogP contribution is 2.20. The Labute approximate surface area is 113 Å². The number of hydrogen-bond donors (Lipinski definition) is 2.